The van der Waals surface area contributed by atoms with Gasteiger partial charge in [0, 0.05) is 32.2 Å². The van der Waals surface area contributed by atoms with Crippen LogP contribution < -0.4 is 0 Å². The van der Waals surface area contributed by atoms with Gasteiger partial charge in [-0.1, -0.05) is 13.8 Å². The number of hydrogen-bond acceptors (Lipinski definition) is 4. The lowest BCUT2D eigenvalue weighted by Crippen LogP contribution is -2.48. The van der Waals surface area contributed by atoms with Crippen LogP contribution in [0.2, 0.25) is 0 Å². The van der Waals surface area contributed by atoms with Gasteiger partial charge in [0.2, 0.25) is 0 Å². The van der Waals surface area contributed by atoms with Gasteiger partial charge in [-0.2, -0.15) is 5.10 Å². The Bertz CT molecular complexity index is 513. The van der Waals surface area contributed by atoms with E-state index in [0.29, 0.717) is 31.1 Å². The number of carbonyl (C=O) groups excluding carboxylic acids is 1. The summed E-state index contributed by atoms with van der Waals surface area (Å²) in [6.07, 6.45) is 0.821. The van der Waals surface area contributed by atoms with Crippen LogP contribution in [0.25, 0.3) is 0 Å². The predicted molar refractivity (Wildman–Crippen MR) is 83.5 cm³/mol. The summed E-state index contributed by atoms with van der Waals surface area (Å²) in [5.74, 6) is 0.279. The van der Waals surface area contributed by atoms with E-state index in [0.717, 1.165) is 12.1 Å². The van der Waals surface area contributed by atoms with Crippen molar-refractivity contribution < 1.29 is 15.0 Å². The first-order chi connectivity index (χ1) is 10.5. The molecule has 0 bridgehead atoms. The van der Waals surface area contributed by atoms with E-state index in [-0.39, 0.29) is 25.0 Å². The number of hydrogen-bond donors (Lipinski definition) is 2. The number of aromatic nitrogens is 2. The molecule has 6 nitrogen and oxygen atoms in total. The molecule has 1 aromatic rings. The van der Waals surface area contributed by atoms with E-state index in [1.807, 2.05) is 13.0 Å². The summed E-state index contributed by atoms with van der Waals surface area (Å²) in [7, 11) is 0. The van der Waals surface area contributed by atoms with Gasteiger partial charge in [0.05, 0.1) is 11.8 Å². The van der Waals surface area contributed by atoms with Crippen LogP contribution in [-0.4, -0.2) is 56.6 Å². The van der Waals surface area contributed by atoms with Gasteiger partial charge in [-0.25, -0.2) is 0 Å². The highest BCUT2D eigenvalue weighted by Crippen LogP contribution is 2.20. The lowest BCUT2D eigenvalue weighted by molar-refractivity contribution is 0.000430. The molecule has 1 aromatic heterocycles. The maximum Gasteiger partial charge on any atom is 0.272 e. The molecule has 0 aliphatic carbocycles. The topological polar surface area (TPSA) is 78.6 Å². The number of aliphatic hydroxyl groups is 2. The fraction of sp³-hybridized carbons (Fsp3) is 0.750. The van der Waals surface area contributed by atoms with Gasteiger partial charge in [-0.05, 0) is 31.7 Å². The number of piperidine rings is 1. The molecule has 6 heteroatoms. The maximum absolute atomic E-state index is 12.7. The standard InChI is InChI=1S/C16H27N3O3/c1-4-19-14(8-13(17-19)7-11(2)3)16(22)18-6-5-12(10-20)15(21)9-18/h8,11-12,15,20-21H,4-7,9-10H2,1-3H3/t12-,15+/m1/s1. The predicted octanol–water partition coefficient (Wildman–Crippen LogP) is 0.917. The number of aryl methyl sites for hydroxylation is 1. The van der Waals surface area contributed by atoms with Gasteiger partial charge < -0.3 is 15.1 Å². The summed E-state index contributed by atoms with van der Waals surface area (Å²) in [6.45, 7) is 7.68. The molecule has 0 unspecified atom stereocenters. The minimum absolute atomic E-state index is 0.0331. The average molecular weight is 309 g/mol. The third kappa shape index (κ3) is 3.67. The maximum atomic E-state index is 12.7. The molecule has 2 N–H and O–H groups in total. The van der Waals surface area contributed by atoms with E-state index in [4.69, 9.17) is 0 Å². The number of amides is 1. The molecule has 22 heavy (non-hydrogen) atoms. The molecule has 1 aliphatic rings. The first kappa shape index (κ1) is 17.0. The van der Waals surface area contributed by atoms with E-state index in [2.05, 4.69) is 18.9 Å². The molecule has 0 spiro atoms. The summed E-state index contributed by atoms with van der Waals surface area (Å²) in [5.41, 5.74) is 1.53. The van der Waals surface area contributed by atoms with E-state index in [1.54, 1.807) is 9.58 Å². The number of carbonyl (C=O) groups is 1. The smallest absolute Gasteiger partial charge is 0.272 e. The van der Waals surface area contributed by atoms with Gasteiger partial charge in [0.25, 0.3) is 5.91 Å². The molecule has 2 atom stereocenters. The van der Waals surface area contributed by atoms with Crippen LogP contribution >= 0.6 is 0 Å². The zero-order valence-corrected chi connectivity index (χ0v) is 13.7. The molecular formula is C16H27N3O3. The second kappa shape index (κ2) is 7.24. The highest BCUT2D eigenvalue weighted by atomic mass is 16.3. The molecule has 0 aromatic carbocycles. The van der Waals surface area contributed by atoms with Crippen molar-refractivity contribution in [1.29, 1.82) is 0 Å². The minimum atomic E-state index is -0.657. The average Bonchev–Trinajstić information content (AvgIpc) is 2.88. The van der Waals surface area contributed by atoms with E-state index >= 15 is 0 Å². The van der Waals surface area contributed by atoms with E-state index in [9.17, 15) is 15.0 Å². The Morgan fingerprint density at radius 3 is 2.77 bits per heavy atom. The molecule has 0 radical (unpaired) electrons. The van der Waals surface area contributed by atoms with Crippen LogP contribution in [0.4, 0.5) is 0 Å². The van der Waals surface area contributed by atoms with Crippen molar-refractivity contribution in [3.8, 4) is 0 Å². The number of nitrogens with zero attached hydrogens (tertiary/aromatic N) is 3. The molecule has 2 rings (SSSR count). The number of β-amino-alcohol motifs (C(OH)–C–C–N with tert-alkyl or cyclic N) is 1. The monoisotopic (exact) mass is 309 g/mol. The fourth-order valence-corrected chi connectivity index (χ4v) is 2.94. The lowest BCUT2D eigenvalue weighted by Gasteiger charge is -2.35. The molecular weight excluding hydrogens is 282 g/mol. The van der Waals surface area contributed by atoms with Crippen LogP contribution in [0.3, 0.4) is 0 Å². The zero-order valence-electron chi connectivity index (χ0n) is 13.7. The number of rotatable bonds is 5. The highest BCUT2D eigenvalue weighted by Gasteiger charge is 2.31. The number of aliphatic hydroxyl groups excluding tert-OH is 2. The van der Waals surface area contributed by atoms with Gasteiger partial charge >= 0.3 is 0 Å². The van der Waals surface area contributed by atoms with Crippen LogP contribution in [0.1, 0.15) is 43.4 Å². The second-order valence-electron chi connectivity index (χ2n) is 6.48. The van der Waals surface area contributed by atoms with Gasteiger partial charge in [-0.3, -0.25) is 9.48 Å². The summed E-state index contributed by atoms with van der Waals surface area (Å²) < 4.78 is 1.74. The Balaban J connectivity index is 2.13. The highest BCUT2D eigenvalue weighted by molar-refractivity contribution is 5.92. The van der Waals surface area contributed by atoms with Crippen LogP contribution in [0.15, 0.2) is 6.07 Å². The van der Waals surface area contributed by atoms with Crippen molar-refractivity contribution in [3.05, 3.63) is 17.5 Å². The zero-order chi connectivity index (χ0) is 16.3. The van der Waals surface area contributed by atoms with Crippen molar-refractivity contribution in [1.82, 2.24) is 14.7 Å². The fourth-order valence-electron chi connectivity index (χ4n) is 2.94. The SMILES string of the molecule is CCn1nc(CC(C)C)cc1C(=O)N1CC[C@H](CO)[C@@H](O)C1. The summed E-state index contributed by atoms with van der Waals surface area (Å²) in [4.78, 5) is 14.4. The second-order valence-corrected chi connectivity index (χ2v) is 6.48. The lowest BCUT2D eigenvalue weighted by atomic mass is 9.94. The van der Waals surface area contributed by atoms with Crippen LogP contribution in [0.5, 0.6) is 0 Å². The van der Waals surface area contributed by atoms with Crippen LogP contribution in [-0.2, 0) is 13.0 Å². The van der Waals surface area contributed by atoms with Crippen molar-refractivity contribution in [2.45, 2.75) is 46.3 Å². The van der Waals surface area contributed by atoms with Crippen molar-refractivity contribution >= 4 is 5.91 Å². The van der Waals surface area contributed by atoms with Gasteiger partial charge in [0.15, 0.2) is 0 Å². The molecule has 1 fully saturated rings. The van der Waals surface area contributed by atoms with Crippen LogP contribution in [0, 0.1) is 11.8 Å². The Labute approximate surface area is 131 Å². The number of likely N-dealkylation sites (tertiary alicyclic amines) is 1. The molecule has 124 valence electrons. The van der Waals surface area contributed by atoms with Crippen molar-refractivity contribution in [3.63, 3.8) is 0 Å². The van der Waals surface area contributed by atoms with Gasteiger partial charge in [-0.15, -0.1) is 0 Å². The van der Waals surface area contributed by atoms with E-state index < -0.39 is 6.10 Å². The van der Waals surface area contributed by atoms with Crippen molar-refractivity contribution in [2.75, 3.05) is 19.7 Å². The Morgan fingerprint density at radius 1 is 1.50 bits per heavy atom. The Morgan fingerprint density at radius 2 is 2.23 bits per heavy atom. The molecule has 1 saturated heterocycles. The quantitative estimate of drug-likeness (QED) is 0.847. The summed E-state index contributed by atoms with van der Waals surface area (Å²) in [6, 6.07) is 1.87. The molecule has 0 saturated carbocycles. The third-order valence-electron chi connectivity index (χ3n) is 4.21. The first-order valence-electron chi connectivity index (χ1n) is 8.11. The Kier molecular flexibility index (Phi) is 5.58. The molecule has 1 amide bonds. The molecule has 1 aliphatic heterocycles. The Hall–Kier alpha value is -1.40. The largest absolute Gasteiger partial charge is 0.396 e. The first-order valence-corrected chi connectivity index (χ1v) is 8.11. The third-order valence-corrected chi connectivity index (χ3v) is 4.21. The normalized spacial score (nSPS) is 22.4. The summed E-state index contributed by atoms with van der Waals surface area (Å²) in [5, 5.41) is 23.7. The van der Waals surface area contributed by atoms with Crippen molar-refractivity contribution in [2.24, 2.45) is 11.8 Å². The van der Waals surface area contributed by atoms with E-state index in [1.165, 1.54) is 0 Å². The minimum Gasteiger partial charge on any atom is -0.396 e. The molecule has 2 heterocycles. The summed E-state index contributed by atoms with van der Waals surface area (Å²) >= 11 is 0. The van der Waals surface area contributed by atoms with Gasteiger partial charge in [0.1, 0.15) is 5.69 Å².